The highest BCUT2D eigenvalue weighted by atomic mass is 19.2. The van der Waals surface area contributed by atoms with Crippen LogP contribution < -0.4 is 0 Å². The number of unbranched alkanes of at least 4 members (excludes halogenated alkanes) is 4. The first-order chi connectivity index (χ1) is 19.0. The Morgan fingerprint density at radius 2 is 1.54 bits per heavy atom. The number of halogens is 3. The third-order valence-corrected chi connectivity index (χ3v) is 7.94. The molecule has 3 aromatic carbocycles. The van der Waals surface area contributed by atoms with E-state index >= 15 is 4.39 Å². The molecule has 1 heterocycles. The second kappa shape index (κ2) is 14.5. The topological polar surface area (TPSA) is 9.23 Å². The highest BCUT2D eigenvalue weighted by molar-refractivity contribution is 5.71. The fourth-order valence-corrected chi connectivity index (χ4v) is 5.52. The smallest absolute Gasteiger partial charge is 0.166 e. The Labute approximate surface area is 232 Å². The maximum atomic E-state index is 15.2. The van der Waals surface area contributed by atoms with Crippen LogP contribution in [0.3, 0.4) is 0 Å². The van der Waals surface area contributed by atoms with Crippen LogP contribution in [0.5, 0.6) is 0 Å². The van der Waals surface area contributed by atoms with Crippen LogP contribution in [-0.2, 0) is 11.2 Å². The number of hydrogen-bond donors (Lipinski definition) is 0. The molecule has 0 aliphatic carbocycles. The Bertz CT molecular complexity index is 1220. The Balaban J connectivity index is 1.40. The predicted molar refractivity (Wildman–Crippen MR) is 155 cm³/mol. The second-order valence-electron chi connectivity index (χ2n) is 10.8. The summed E-state index contributed by atoms with van der Waals surface area (Å²) in [6.45, 7) is 4.80. The lowest BCUT2D eigenvalue weighted by atomic mass is 9.89. The van der Waals surface area contributed by atoms with E-state index in [0.717, 1.165) is 56.9 Å². The van der Waals surface area contributed by atoms with Crippen molar-refractivity contribution in [3.05, 3.63) is 95.3 Å². The maximum Gasteiger partial charge on any atom is 0.166 e. The van der Waals surface area contributed by atoms with Gasteiger partial charge in [-0.3, -0.25) is 0 Å². The molecule has 0 radical (unpaired) electrons. The molecule has 1 fully saturated rings. The third kappa shape index (κ3) is 7.63. The van der Waals surface area contributed by atoms with Gasteiger partial charge < -0.3 is 4.74 Å². The summed E-state index contributed by atoms with van der Waals surface area (Å²) < 4.78 is 50.9. The molecule has 4 rings (SSSR count). The highest BCUT2D eigenvalue weighted by Gasteiger charge is 2.23. The molecule has 1 saturated heterocycles. The van der Waals surface area contributed by atoms with E-state index in [9.17, 15) is 8.78 Å². The van der Waals surface area contributed by atoms with Crippen molar-refractivity contribution in [3.8, 4) is 22.3 Å². The van der Waals surface area contributed by atoms with Gasteiger partial charge in [0.2, 0.25) is 0 Å². The lowest BCUT2D eigenvalue weighted by Crippen LogP contribution is -2.24. The molecule has 39 heavy (non-hydrogen) atoms. The first kappa shape index (κ1) is 29.1. The van der Waals surface area contributed by atoms with E-state index in [0.29, 0.717) is 35.3 Å². The van der Waals surface area contributed by atoms with Gasteiger partial charge in [0, 0.05) is 17.0 Å². The van der Waals surface area contributed by atoms with Gasteiger partial charge in [0.05, 0.1) is 12.7 Å². The minimum absolute atomic E-state index is 0.200. The van der Waals surface area contributed by atoms with Gasteiger partial charge in [0.1, 0.15) is 5.82 Å². The van der Waals surface area contributed by atoms with Crippen molar-refractivity contribution in [2.75, 3.05) is 6.61 Å². The van der Waals surface area contributed by atoms with Crippen LogP contribution in [-0.4, -0.2) is 12.7 Å². The van der Waals surface area contributed by atoms with Crippen LogP contribution in [0.15, 0.2) is 66.7 Å². The molecule has 0 saturated carbocycles. The van der Waals surface area contributed by atoms with Crippen LogP contribution in [0.2, 0.25) is 0 Å². The lowest BCUT2D eigenvalue weighted by Gasteiger charge is -2.29. The molecule has 1 aliphatic rings. The van der Waals surface area contributed by atoms with Gasteiger partial charge in [-0.2, -0.15) is 0 Å². The molecule has 0 spiro atoms. The number of allylic oxidation sites excluding steroid dienone is 2. The fourth-order valence-electron chi connectivity index (χ4n) is 5.52. The van der Waals surface area contributed by atoms with Crippen LogP contribution in [0.4, 0.5) is 13.2 Å². The molecule has 3 aromatic rings. The molecule has 0 aromatic heterocycles. The monoisotopic (exact) mass is 534 g/mol. The minimum atomic E-state index is -0.817. The first-order valence-corrected chi connectivity index (χ1v) is 14.6. The summed E-state index contributed by atoms with van der Waals surface area (Å²) in [7, 11) is 0. The molecule has 0 amide bonds. The zero-order valence-corrected chi connectivity index (χ0v) is 23.3. The molecule has 1 nitrogen and oxygen atoms in total. The summed E-state index contributed by atoms with van der Waals surface area (Å²) >= 11 is 0. The molecule has 208 valence electrons. The molecule has 1 aliphatic heterocycles. The highest BCUT2D eigenvalue weighted by Crippen LogP contribution is 2.34. The second-order valence-corrected chi connectivity index (χ2v) is 10.8. The van der Waals surface area contributed by atoms with E-state index in [1.165, 1.54) is 6.42 Å². The maximum absolute atomic E-state index is 15.2. The summed E-state index contributed by atoms with van der Waals surface area (Å²) in [6.07, 6.45) is 14.4. The summed E-state index contributed by atoms with van der Waals surface area (Å²) in [4.78, 5) is 0. The molecular formula is C35H41F3O. The van der Waals surface area contributed by atoms with E-state index in [4.69, 9.17) is 4.74 Å². The molecule has 0 bridgehead atoms. The van der Waals surface area contributed by atoms with Crippen molar-refractivity contribution >= 4 is 0 Å². The normalized spacial score (nSPS) is 17.7. The summed E-state index contributed by atoms with van der Waals surface area (Å²) in [5.74, 6) is -1.66. The van der Waals surface area contributed by atoms with Crippen molar-refractivity contribution in [2.24, 2.45) is 0 Å². The lowest BCUT2D eigenvalue weighted by molar-refractivity contribution is -0.000225. The van der Waals surface area contributed by atoms with Crippen molar-refractivity contribution in [2.45, 2.75) is 90.1 Å². The largest absolute Gasteiger partial charge is 0.378 e. The predicted octanol–water partition coefficient (Wildman–Crippen LogP) is 10.6. The van der Waals surface area contributed by atoms with E-state index in [1.54, 1.807) is 42.5 Å². The summed E-state index contributed by atoms with van der Waals surface area (Å²) in [6, 6.07) is 15.8. The number of rotatable bonds is 12. The standard InChI is InChI=1S/C35H41F3O/c1-3-5-7-8-10-11-27-18-22-32(35(38)34(27)37)26-15-13-25(14-16-26)31-21-19-28(23-33(31)36)29-17-20-30(39-24-29)12-9-6-4-2/h4,6,13-16,18-19,21-23,29-30H,3,5,7-12,17,20,24H2,1-2H3. The summed E-state index contributed by atoms with van der Waals surface area (Å²) in [5, 5.41) is 0. The molecule has 2 unspecified atom stereocenters. The van der Waals surface area contributed by atoms with Gasteiger partial charge in [-0.1, -0.05) is 93.3 Å². The van der Waals surface area contributed by atoms with Gasteiger partial charge in [-0.05, 0) is 73.8 Å². The molecule has 4 heteroatoms. The van der Waals surface area contributed by atoms with Crippen molar-refractivity contribution in [1.29, 1.82) is 0 Å². The van der Waals surface area contributed by atoms with E-state index in [1.807, 2.05) is 19.1 Å². The fraction of sp³-hybridized carbons (Fsp3) is 0.429. The van der Waals surface area contributed by atoms with E-state index in [2.05, 4.69) is 19.1 Å². The van der Waals surface area contributed by atoms with Crippen LogP contribution in [0, 0.1) is 17.5 Å². The van der Waals surface area contributed by atoms with Gasteiger partial charge in [0.25, 0.3) is 0 Å². The SMILES string of the molecule is CC=CCCC1CCC(c2ccc(-c3ccc(-c4ccc(CCCCCCC)c(F)c4F)cc3)c(F)c2)CO1. The van der Waals surface area contributed by atoms with E-state index in [-0.39, 0.29) is 23.4 Å². The molecular weight excluding hydrogens is 493 g/mol. The molecule has 2 atom stereocenters. The first-order valence-electron chi connectivity index (χ1n) is 14.6. The van der Waals surface area contributed by atoms with Gasteiger partial charge in [-0.15, -0.1) is 0 Å². The van der Waals surface area contributed by atoms with Gasteiger partial charge in [-0.25, -0.2) is 13.2 Å². The van der Waals surface area contributed by atoms with Crippen LogP contribution in [0.25, 0.3) is 22.3 Å². The number of aryl methyl sites for hydroxylation is 1. The van der Waals surface area contributed by atoms with E-state index < -0.39 is 11.6 Å². The van der Waals surface area contributed by atoms with Gasteiger partial charge >= 0.3 is 0 Å². The van der Waals surface area contributed by atoms with Crippen molar-refractivity contribution in [1.82, 2.24) is 0 Å². The average Bonchev–Trinajstić information content (AvgIpc) is 2.96. The summed E-state index contributed by atoms with van der Waals surface area (Å²) in [5.41, 5.74) is 3.39. The Kier molecular flexibility index (Phi) is 10.8. The zero-order chi connectivity index (χ0) is 27.6. The quantitative estimate of drug-likeness (QED) is 0.166. The number of hydrogen-bond acceptors (Lipinski definition) is 1. The van der Waals surface area contributed by atoms with Crippen molar-refractivity contribution in [3.63, 3.8) is 0 Å². The van der Waals surface area contributed by atoms with Crippen LogP contribution >= 0.6 is 0 Å². The molecule has 0 N–H and O–H groups in total. The van der Waals surface area contributed by atoms with Crippen LogP contribution in [0.1, 0.15) is 88.7 Å². The van der Waals surface area contributed by atoms with Crippen molar-refractivity contribution < 1.29 is 17.9 Å². The minimum Gasteiger partial charge on any atom is -0.378 e. The Hall–Kier alpha value is -2.85. The average molecular weight is 535 g/mol. The Morgan fingerprint density at radius 1 is 0.821 bits per heavy atom. The zero-order valence-electron chi connectivity index (χ0n) is 23.3. The van der Waals surface area contributed by atoms with Gasteiger partial charge in [0.15, 0.2) is 11.6 Å². The number of benzene rings is 3. The number of ether oxygens (including phenoxy) is 1. The third-order valence-electron chi connectivity index (χ3n) is 7.94. The Morgan fingerprint density at radius 3 is 2.21 bits per heavy atom.